The van der Waals surface area contributed by atoms with Crippen LogP contribution in [0.2, 0.25) is 0 Å². The Labute approximate surface area is 224 Å². The molecule has 0 spiro atoms. The van der Waals surface area contributed by atoms with Gasteiger partial charge < -0.3 is 15.1 Å². The van der Waals surface area contributed by atoms with E-state index in [-0.39, 0.29) is 24.1 Å². The van der Waals surface area contributed by atoms with Crippen molar-refractivity contribution in [2.75, 3.05) is 41.3 Å². The quantitative estimate of drug-likeness (QED) is 0.327. The Morgan fingerprint density at radius 2 is 1.68 bits per heavy atom. The number of anilines is 3. The third kappa shape index (κ3) is 5.14. The number of hydrogen-bond donors (Lipinski definition) is 2. The molecule has 1 saturated heterocycles. The molecule has 0 unspecified atom stereocenters. The van der Waals surface area contributed by atoms with Gasteiger partial charge >= 0.3 is 0 Å². The molecule has 3 heterocycles. The van der Waals surface area contributed by atoms with Gasteiger partial charge in [0.15, 0.2) is 0 Å². The summed E-state index contributed by atoms with van der Waals surface area (Å²) in [5.74, 6) is 0.342. The maximum atomic E-state index is 13.2. The fourth-order valence-corrected chi connectivity index (χ4v) is 4.63. The number of hydrogen-bond acceptors (Lipinski definition) is 6. The van der Waals surface area contributed by atoms with Gasteiger partial charge in [0.1, 0.15) is 18.0 Å². The summed E-state index contributed by atoms with van der Waals surface area (Å²) >= 11 is 0. The minimum Gasteiger partial charge on any atom is -0.368 e. The molecule has 1 aliphatic heterocycles. The van der Waals surface area contributed by atoms with Crippen molar-refractivity contribution in [3.8, 4) is 11.3 Å². The molecule has 0 saturated carbocycles. The highest BCUT2D eigenvalue weighted by molar-refractivity contribution is 6.04. The van der Waals surface area contributed by atoms with Crippen molar-refractivity contribution in [2.24, 2.45) is 0 Å². The lowest BCUT2D eigenvalue weighted by molar-refractivity contribution is 0.102. The molecular formula is C28H25ClFN7O. The molecule has 0 radical (unpaired) electrons. The number of nitrogens with zero attached hydrogens (tertiary/aromatic N) is 5. The Morgan fingerprint density at radius 1 is 0.895 bits per heavy atom. The molecule has 38 heavy (non-hydrogen) atoms. The Morgan fingerprint density at radius 3 is 2.45 bits per heavy atom. The second-order valence-corrected chi connectivity index (χ2v) is 8.87. The maximum Gasteiger partial charge on any atom is 0.255 e. The molecule has 8 nitrogen and oxygen atoms in total. The van der Waals surface area contributed by atoms with Crippen LogP contribution in [-0.2, 0) is 0 Å². The van der Waals surface area contributed by atoms with E-state index in [1.807, 2.05) is 42.6 Å². The highest BCUT2D eigenvalue weighted by Crippen LogP contribution is 2.29. The zero-order valence-electron chi connectivity index (χ0n) is 20.3. The standard InChI is InChI=1S/C28H24FN7O.ClH/c29-21-5-7-22(8-6-21)33-28(37)20-2-1-3-23(16-20)35-12-14-36(15-13-35)27-24-17-19(25-10-11-32-34-25)4-9-26(24)30-18-31-27;/h1-11,16-18H,12-15H2,(H,32,34)(H,33,37);1H. The summed E-state index contributed by atoms with van der Waals surface area (Å²) in [6.07, 6.45) is 3.42. The van der Waals surface area contributed by atoms with E-state index >= 15 is 0 Å². The van der Waals surface area contributed by atoms with Crippen molar-refractivity contribution in [1.29, 1.82) is 0 Å². The first-order valence-electron chi connectivity index (χ1n) is 12.1. The molecule has 0 atom stereocenters. The van der Waals surface area contributed by atoms with Gasteiger partial charge in [-0.15, -0.1) is 12.4 Å². The molecule has 3 aromatic carbocycles. The molecule has 0 aliphatic carbocycles. The summed E-state index contributed by atoms with van der Waals surface area (Å²) < 4.78 is 13.2. The molecule has 2 N–H and O–H groups in total. The molecule has 10 heteroatoms. The number of H-pyrrole nitrogens is 1. The number of benzene rings is 3. The van der Waals surface area contributed by atoms with Crippen LogP contribution in [0.3, 0.4) is 0 Å². The topological polar surface area (TPSA) is 90.0 Å². The van der Waals surface area contributed by atoms with Gasteiger partial charge in [-0.25, -0.2) is 14.4 Å². The second-order valence-electron chi connectivity index (χ2n) is 8.87. The number of fused-ring (bicyclic) bond motifs is 1. The number of amides is 1. The van der Waals surface area contributed by atoms with Gasteiger partial charge in [0.2, 0.25) is 0 Å². The summed E-state index contributed by atoms with van der Waals surface area (Å²) in [6.45, 7) is 3.14. The lowest BCUT2D eigenvalue weighted by Gasteiger charge is -2.37. The lowest BCUT2D eigenvalue weighted by Crippen LogP contribution is -2.47. The predicted octanol–water partition coefficient (Wildman–Crippen LogP) is 5.16. The third-order valence-electron chi connectivity index (χ3n) is 6.57. The Hall–Kier alpha value is -4.50. The van der Waals surface area contributed by atoms with Crippen molar-refractivity contribution in [3.05, 3.63) is 96.7 Å². The molecule has 5 aromatic rings. The smallest absolute Gasteiger partial charge is 0.255 e. The van der Waals surface area contributed by atoms with E-state index in [1.165, 1.54) is 12.1 Å². The summed E-state index contributed by atoms with van der Waals surface area (Å²) in [7, 11) is 0. The van der Waals surface area contributed by atoms with Crippen LogP contribution < -0.4 is 15.1 Å². The van der Waals surface area contributed by atoms with Crippen LogP contribution in [0.25, 0.3) is 22.2 Å². The predicted molar refractivity (Wildman–Crippen MR) is 150 cm³/mol. The normalized spacial score (nSPS) is 13.3. The van der Waals surface area contributed by atoms with E-state index in [9.17, 15) is 9.18 Å². The average Bonchev–Trinajstić information content (AvgIpc) is 3.49. The van der Waals surface area contributed by atoms with E-state index < -0.39 is 0 Å². The van der Waals surface area contributed by atoms with Crippen molar-refractivity contribution < 1.29 is 9.18 Å². The number of piperazine rings is 1. The average molecular weight is 530 g/mol. The molecule has 0 bridgehead atoms. The van der Waals surface area contributed by atoms with Crippen LogP contribution in [0.4, 0.5) is 21.6 Å². The Balaban J connectivity index is 0.00000294. The first-order valence-corrected chi connectivity index (χ1v) is 12.1. The fraction of sp³-hybridized carbons (Fsp3) is 0.143. The monoisotopic (exact) mass is 529 g/mol. The van der Waals surface area contributed by atoms with Crippen molar-refractivity contribution in [1.82, 2.24) is 20.2 Å². The van der Waals surface area contributed by atoms with Gasteiger partial charge in [0, 0.05) is 60.3 Å². The van der Waals surface area contributed by atoms with E-state index in [2.05, 4.69) is 41.3 Å². The number of rotatable bonds is 5. The molecule has 192 valence electrons. The number of aromatic amines is 1. The zero-order chi connectivity index (χ0) is 25.2. The van der Waals surface area contributed by atoms with E-state index in [0.29, 0.717) is 11.3 Å². The van der Waals surface area contributed by atoms with E-state index in [4.69, 9.17) is 0 Å². The largest absolute Gasteiger partial charge is 0.368 e. The van der Waals surface area contributed by atoms with Crippen molar-refractivity contribution in [3.63, 3.8) is 0 Å². The van der Waals surface area contributed by atoms with Gasteiger partial charge in [0.05, 0.1) is 11.2 Å². The number of nitrogens with one attached hydrogen (secondary N) is 2. The number of halogens is 2. The highest BCUT2D eigenvalue weighted by Gasteiger charge is 2.21. The molecule has 1 aliphatic rings. The van der Waals surface area contributed by atoms with Crippen LogP contribution >= 0.6 is 12.4 Å². The molecular weight excluding hydrogens is 505 g/mol. The summed E-state index contributed by atoms with van der Waals surface area (Å²) in [5.41, 5.74) is 4.88. The molecule has 2 aromatic heterocycles. The zero-order valence-corrected chi connectivity index (χ0v) is 21.2. The van der Waals surface area contributed by atoms with Crippen LogP contribution in [0.1, 0.15) is 10.4 Å². The van der Waals surface area contributed by atoms with Gasteiger partial charge in [-0.1, -0.05) is 12.1 Å². The number of carbonyl (C=O) groups is 1. The van der Waals surface area contributed by atoms with Gasteiger partial charge in [0.25, 0.3) is 5.91 Å². The van der Waals surface area contributed by atoms with Crippen LogP contribution in [0.5, 0.6) is 0 Å². The summed E-state index contributed by atoms with van der Waals surface area (Å²) in [6, 6.07) is 21.4. The van der Waals surface area contributed by atoms with Crippen molar-refractivity contribution >= 4 is 46.4 Å². The highest BCUT2D eigenvalue weighted by atomic mass is 35.5. The maximum absolute atomic E-state index is 13.2. The molecule has 1 amide bonds. The summed E-state index contributed by atoms with van der Waals surface area (Å²) in [5, 5.41) is 11.0. The molecule has 1 fully saturated rings. The minimum absolute atomic E-state index is 0. The minimum atomic E-state index is -0.341. The summed E-state index contributed by atoms with van der Waals surface area (Å²) in [4.78, 5) is 26.4. The third-order valence-corrected chi connectivity index (χ3v) is 6.57. The Bertz CT molecular complexity index is 1550. The lowest BCUT2D eigenvalue weighted by atomic mass is 10.1. The fourth-order valence-electron chi connectivity index (χ4n) is 4.63. The number of aromatic nitrogens is 4. The number of carbonyl (C=O) groups excluding carboxylic acids is 1. The van der Waals surface area contributed by atoms with E-state index in [1.54, 1.807) is 24.5 Å². The SMILES string of the molecule is Cl.O=C(Nc1ccc(F)cc1)c1cccc(N2CCN(c3ncnc4ccc(-c5cc[nH]n5)cc34)CC2)c1. The Kier molecular flexibility index (Phi) is 7.19. The van der Waals surface area contributed by atoms with Crippen LogP contribution in [0, 0.1) is 5.82 Å². The van der Waals surface area contributed by atoms with Crippen LogP contribution in [-0.4, -0.2) is 52.3 Å². The first-order chi connectivity index (χ1) is 18.1. The molecule has 6 rings (SSSR count). The van der Waals surface area contributed by atoms with Gasteiger partial charge in [-0.2, -0.15) is 5.10 Å². The van der Waals surface area contributed by atoms with Gasteiger partial charge in [-0.05, 0) is 60.7 Å². The van der Waals surface area contributed by atoms with Crippen LogP contribution in [0.15, 0.2) is 85.3 Å². The van der Waals surface area contributed by atoms with Gasteiger partial charge in [-0.3, -0.25) is 9.89 Å². The second kappa shape index (κ2) is 10.9. The van der Waals surface area contributed by atoms with E-state index in [0.717, 1.165) is 59.8 Å². The van der Waals surface area contributed by atoms with Crippen molar-refractivity contribution in [2.45, 2.75) is 0 Å². The first kappa shape index (κ1) is 25.2.